The topological polar surface area (TPSA) is 110 Å². The molecule has 3 amide bonds. The predicted molar refractivity (Wildman–Crippen MR) is 173 cm³/mol. The molecule has 1 aliphatic rings. The molecule has 10 nitrogen and oxygen atoms in total. The number of carbonyl (C=O) groups excluding carboxylic acids is 3. The van der Waals surface area contributed by atoms with Crippen molar-refractivity contribution in [1.82, 2.24) is 14.9 Å². The van der Waals surface area contributed by atoms with Crippen LogP contribution in [-0.2, 0) is 17.9 Å². The quantitative estimate of drug-likeness (QED) is 0.174. The molecule has 0 fully saturated rings. The van der Waals surface area contributed by atoms with Crippen molar-refractivity contribution in [2.45, 2.75) is 51.7 Å². The third kappa shape index (κ3) is 8.29. The number of unbranched alkanes of at least 4 members (excludes halogenated alkanes) is 3. The van der Waals surface area contributed by atoms with Crippen LogP contribution in [0.5, 0.6) is 11.5 Å². The number of benzene rings is 2. The van der Waals surface area contributed by atoms with Crippen molar-refractivity contribution in [3.63, 3.8) is 0 Å². The number of rotatable bonds is 16. The number of aromatic nitrogens is 1. The third-order valence-corrected chi connectivity index (χ3v) is 7.41. The van der Waals surface area contributed by atoms with Crippen LogP contribution in [0.4, 0.5) is 4.39 Å². The Kier molecular flexibility index (Phi) is 11.9. The van der Waals surface area contributed by atoms with Gasteiger partial charge in [-0.25, -0.2) is 14.1 Å². The SMILES string of the molecule is C=CCCCCCC(=O)N1CN(C)C(=O)c2c(OCc3ccccc3)c(=O)c(C(=O)NCc3ccc(F)cc3OCCC=C)cn21. The molecule has 0 aliphatic carbocycles. The van der Waals surface area contributed by atoms with Crippen LogP contribution in [0, 0.1) is 5.82 Å². The number of allylic oxidation sites excluding steroid dienone is 1. The number of carbonyl (C=O) groups is 3. The van der Waals surface area contributed by atoms with E-state index in [0.29, 0.717) is 18.4 Å². The Morgan fingerprint density at radius 3 is 2.50 bits per heavy atom. The van der Waals surface area contributed by atoms with Gasteiger partial charge in [-0.2, -0.15) is 0 Å². The van der Waals surface area contributed by atoms with Crippen molar-refractivity contribution >= 4 is 17.7 Å². The summed E-state index contributed by atoms with van der Waals surface area (Å²) in [5, 5.41) is 4.03. The summed E-state index contributed by atoms with van der Waals surface area (Å²) in [4.78, 5) is 55.6. The van der Waals surface area contributed by atoms with Gasteiger partial charge in [0.2, 0.25) is 11.3 Å². The van der Waals surface area contributed by atoms with E-state index in [4.69, 9.17) is 9.47 Å². The van der Waals surface area contributed by atoms with E-state index in [-0.39, 0.29) is 61.5 Å². The van der Waals surface area contributed by atoms with Crippen molar-refractivity contribution in [3.8, 4) is 11.5 Å². The maximum atomic E-state index is 14.0. The number of nitrogens with one attached hydrogen (secondary N) is 1. The Morgan fingerprint density at radius 2 is 1.76 bits per heavy atom. The minimum atomic E-state index is -0.804. The standard InChI is InChI=1S/C35H39FN4O6/c1-4-6-8-9-13-16-30(41)40-24-38(3)35(44)31-33(46-23-25-14-11-10-12-15-25)32(42)28(22-39(31)40)34(43)37-21-26-17-18-27(36)20-29(26)45-19-7-5-2/h4-5,10-12,14-15,17-18,20,22H,1-2,6-9,13,16,19,21,23-24H2,3H3,(H,37,43). The highest BCUT2D eigenvalue weighted by atomic mass is 19.1. The highest BCUT2D eigenvalue weighted by Crippen LogP contribution is 2.24. The Hall–Kier alpha value is -5.19. The van der Waals surface area contributed by atoms with Gasteiger partial charge in [0.15, 0.2) is 11.4 Å². The van der Waals surface area contributed by atoms with Gasteiger partial charge in [-0.15, -0.1) is 13.2 Å². The second-order valence-corrected chi connectivity index (χ2v) is 10.9. The fourth-order valence-electron chi connectivity index (χ4n) is 4.91. The predicted octanol–water partition coefficient (Wildman–Crippen LogP) is 5.10. The van der Waals surface area contributed by atoms with Gasteiger partial charge in [-0.05, 0) is 37.3 Å². The van der Waals surface area contributed by atoms with Gasteiger partial charge in [0.1, 0.15) is 30.4 Å². The molecule has 0 saturated heterocycles. The van der Waals surface area contributed by atoms with Crippen molar-refractivity contribution in [3.05, 3.63) is 118 Å². The van der Waals surface area contributed by atoms with E-state index in [1.807, 2.05) is 24.3 Å². The molecule has 0 bridgehead atoms. The molecule has 2 heterocycles. The fraction of sp³-hybridized carbons (Fsp3) is 0.314. The van der Waals surface area contributed by atoms with Gasteiger partial charge in [-0.3, -0.25) is 19.2 Å². The normalized spacial score (nSPS) is 12.3. The Bertz CT molecular complexity index is 1640. The summed E-state index contributed by atoms with van der Waals surface area (Å²) in [5.41, 5.74) is -0.0593. The van der Waals surface area contributed by atoms with Gasteiger partial charge in [0.05, 0.1) is 6.61 Å². The molecular weight excluding hydrogens is 591 g/mol. The zero-order valence-electron chi connectivity index (χ0n) is 26.0. The maximum absolute atomic E-state index is 14.0. The second-order valence-electron chi connectivity index (χ2n) is 10.9. The second kappa shape index (κ2) is 16.2. The first-order chi connectivity index (χ1) is 22.2. The molecule has 0 radical (unpaired) electrons. The average Bonchev–Trinajstić information content (AvgIpc) is 3.05. The van der Waals surface area contributed by atoms with Crippen molar-refractivity contribution < 1.29 is 28.2 Å². The lowest BCUT2D eigenvalue weighted by Crippen LogP contribution is -2.55. The van der Waals surface area contributed by atoms with E-state index < -0.39 is 23.1 Å². The van der Waals surface area contributed by atoms with Crippen LogP contribution in [0.25, 0.3) is 0 Å². The molecule has 0 saturated carbocycles. The van der Waals surface area contributed by atoms with Crippen LogP contribution in [0.2, 0.25) is 0 Å². The first-order valence-corrected chi connectivity index (χ1v) is 15.2. The van der Waals surface area contributed by atoms with E-state index >= 15 is 0 Å². The summed E-state index contributed by atoms with van der Waals surface area (Å²) < 4.78 is 26.8. The molecule has 0 spiro atoms. The molecule has 0 atom stereocenters. The Balaban J connectivity index is 1.69. The maximum Gasteiger partial charge on any atom is 0.277 e. The molecule has 3 aromatic rings. The van der Waals surface area contributed by atoms with Gasteiger partial charge >= 0.3 is 0 Å². The van der Waals surface area contributed by atoms with Crippen LogP contribution in [0.3, 0.4) is 0 Å². The van der Waals surface area contributed by atoms with E-state index in [9.17, 15) is 23.6 Å². The fourth-order valence-corrected chi connectivity index (χ4v) is 4.91. The Morgan fingerprint density at radius 1 is 1.00 bits per heavy atom. The summed E-state index contributed by atoms with van der Waals surface area (Å²) >= 11 is 0. The number of amides is 3. The highest BCUT2D eigenvalue weighted by Gasteiger charge is 2.36. The summed E-state index contributed by atoms with van der Waals surface area (Å²) in [7, 11) is 1.53. The molecule has 46 heavy (non-hydrogen) atoms. The molecule has 0 unspecified atom stereocenters. The average molecular weight is 631 g/mol. The lowest BCUT2D eigenvalue weighted by Gasteiger charge is -2.37. The minimum Gasteiger partial charge on any atom is -0.493 e. The number of fused-ring (bicyclic) bond motifs is 1. The molecule has 1 N–H and O–H groups in total. The van der Waals surface area contributed by atoms with Crippen LogP contribution >= 0.6 is 0 Å². The molecule has 1 aromatic heterocycles. The largest absolute Gasteiger partial charge is 0.493 e. The number of ether oxygens (including phenoxy) is 2. The van der Waals surface area contributed by atoms with E-state index in [1.54, 1.807) is 18.2 Å². The van der Waals surface area contributed by atoms with E-state index in [0.717, 1.165) is 24.8 Å². The monoisotopic (exact) mass is 630 g/mol. The summed E-state index contributed by atoms with van der Waals surface area (Å²) in [6.07, 6.45) is 8.63. The zero-order valence-corrected chi connectivity index (χ0v) is 26.0. The highest BCUT2D eigenvalue weighted by molar-refractivity contribution is 6.01. The molecule has 11 heteroatoms. The third-order valence-electron chi connectivity index (χ3n) is 7.41. The van der Waals surface area contributed by atoms with Gasteiger partial charge in [0, 0.05) is 37.8 Å². The molecule has 2 aromatic carbocycles. The van der Waals surface area contributed by atoms with Gasteiger partial charge in [0.25, 0.3) is 11.8 Å². The molecular formula is C35H39FN4O6. The molecule has 1 aliphatic heterocycles. The number of halogens is 1. The van der Waals surface area contributed by atoms with Crippen molar-refractivity contribution in [2.75, 3.05) is 25.3 Å². The lowest BCUT2D eigenvalue weighted by molar-refractivity contribution is -0.120. The molecule has 4 rings (SSSR count). The molecule has 242 valence electrons. The first-order valence-electron chi connectivity index (χ1n) is 15.2. The smallest absolute Gasteiger partial charge is 0.277 e. The first kappa shape index (κ1) is 33.7. The number of hydrogen-bond donors (Lipinski definition) is 1. The van der Waals surface area contributed by atoms with Crippen LogP contribution in [0.1, 0.15) is 70.5 Å². The van der Waals surface area contributed by atoms with Crippen LogP contribution in [0.15, 0.2) is 84.8 Å². The summed E-state index contributed by atoms with van der Waals surface area (Å²) in [6, 6.07) is 13.0. The number of nitrogens with zero attached hydrogens (tertiary/aromatic N) is 3. The van der Waals surface area contributed by atoms with Crippen molar-refractivity contribution in [1.29, 1.82) is 0 Å². The lowest BCUT2D eigenvalue weighted by atomic mass is 10.1. The van der Waals surface area contributed by atoms with Crippen LogP contribution in [-0.4, -0.2) is 47.6 Å². The van der Waals surface area contributed by atoms with Gasteiger partial charge < -0.3 is 19.7 Å². The summed E-state index contributed by atoms with van der Waals surface area (Å²) in [6.45, 7) is 7.42. The summed E-state index contributed by atoms with van der Waals surface area (Å²) in [5.74, 6) is -2.18. The van der Waals surface area contributed by atoms with Crippen LogP contribution < -0.4 is 25.2 Å². The van der Waals surface area contributed by atoms with Gasteiger partial charge in [-0.1, -0.05) is 55.0 Å². The van der Waals surface area contributed by atoms with Crippen molar-refractivity contribution in [2.24, 2.45) is 0 Å². The minimum absolute atomic E-state index is 0.0522. The zero-order chi connectivity index (χ0) is 33.1. The Labute approximate surface area is 267 Å². The van der Waals surface area contributed by atoms with E-state index in [2.05, 4.69) is 18.5 Å². The van der Waals surface area contributed by atoms with E-state index in [1.165, 1.54) is 46.0 Å². The number of pyridine rings is 1. The number of hydrogen-bond acceptors (Lipinski definition) is 6.